The molecule has 0 unspecified atom stereocenters. The summed E-state index contributed by atoms with van der Waals surface area (Å²) in [5.41, 5.74) is 1.55. The molecule has 1 saturated carbocycles. The number of rotatable bonds is 3. The lowest BCUT2D eigenvalue weighted by Crippen LogP contribution is -2.45. The highest BCUT2D eigenvalue weighted by molar-refractivity contribution is 6.09. The topological polar surface area (TPSA) is 15.3 Å². The third-order valence-corrected chi connectivity index (χ3v) is 5.73. The van der Waals surface area contributed by atoms with Crippen LogP contribution in [0.5, 0.6) is 0 Å². The molecule has 2 aliphatic rings. The smallest absolute Gasteiger partial charge is 0.0383 e. The van der Waals surface area contributed by atoms with Gasteiger partial charge in [-0.1, -0.05) is 48.5 Å². The summed E-state index contributed by atoms with van der Waals surface area (Å²) >= 11 is 0. The second kappa shape index (κ2) is 8.14. The molecule has 1 aliphatic carbocycles. The second-order valence-corrected chi connectivity index (χ2v) is 7.30. The van der Waals surface area contributed by atoms with E-state index in [9.17, 15) is 0 Å². The number of nitrogens with one attached hydrogen (secondary N) is 1. The van der Waals surface area contributed by atoms with E-state index in [1.807, 2.05) is 0 Å². The fourth-order valence-electron chi connectivity index (χ4n) is 4.45. The lowest BCUT2D eigenvalue weighted by Gasteiger charge is -2.36. The fraction of sp³-hybridized carbons (Fsp3) is 0.364. The first kappa shape index (κ1) is 19.4. The quantitative estimate of drug-likeness (QED) is 0.620. The Balaban J connectivity index is 0.000000980. The van der Waals surface area contributed by atoms with Crippen LogP contribution < -0.4 is 5.32 Å². The van der Waals surface area contributed by atoms with Crippen LogP contribution in [-0.4, -0.2) is 31.1 Å². The van der Waals surface area contributed by atoms with Crippen molar-refractivity contribution in [3.8, 4) is 0 Å². The second-order valence-electron chi connectivity index (χ2n) is 7.30. The zero-order chi connectivity index (χ0) is 15.9. The molecule has 5 rings (SSSR count). The van der Waals surface area contributed by atoms with Crippen molar-refractivity contribution >= 4 is 46.4 Å². The molecule has 0 radical (unpaired) electrons. The maximum absolute atomic E-state index is 3.51. The van der Waals surface area contributed by atoms with Gasteiger partial charge in [0.25, 0.3) is 0 Å². The SMILES string of the molecule is Cl.Cl.c1ccc2c(c1)cc([C@@H](C1CC1)N1CCNCC1)c1ccccc12. The highest BCUT2D eigenvalue weighted by Gasteiger charge is 2.37. The average molecular weight is 389 g/mol. The van der Waals surface area contributed by atoms with E-state index in [0.717, 1.165) is 19.0 Å². The number of benzene rings is 3. The summed E-state index contributed by atoms with van der Waals surface area (Å²) in [5.74, 6) is 0.840. The Labute approximate surface area is 167 Å². The Bertz CT molecular complexity index is 886. The average Bonchev–Trinajstić information content (AvgIpc) is 3.48. The lowest BCUT2D eigenvalue weighted by atomic mass is 9.90. The number of halogens is 2. The Morgan fingerprint density at radius 2 is 1.42 bits per heavy atom. The molecule has 1 aliphatic heterocycles. The van der Waals surface area contributed by atoms with E-state index in [2.05, 4.69) is 64.8 Å². The highest BCUT2D eigenvalue weighted by Crippen LogP contribution is 2.47. The van der Waals surface area contributed by atoms with Gasteiger partial charge in [-0.25, -0.2) is 0 Å². The number of nitrogens with zero attached hydrogens (tertiary/aromatic N) is 1. The molecule has 1 N–H and O–H groups in total. The molecule has 3 aromatic rings. The molecule has 2 fully saturated rings. The van der Waals surface area contributed by atoms with Crippen molar-refractivity contribution < 1.29 is 0 Å². The van der Waals surface area contributed by atoms with Gasteiger partial charge in [-0.15, -0.1) is 24.8 Å². The van der Waals surface area contributed by atoms with E-state index in [1.54, 1.807) is 5.56 Å². The van der Waals surface area contributed by atoms with Gasteiger partial charge < -0.3 is 5.32 Å². The minimum atomic E-state index is 0. The molecule has 138 valence electrons. The molecular formula is C22H26Cl2N2. The van der Waals surface area contributed by atoms with Crippen molar-refractivity contribution in [2.24, 2.45) is 5.92 Å². The van der Waals surface area contributed by atoms with E-state index in [4.69, 9.17) is 0 Å². The molecule has 0 spiro atoms. The third kappa shape index (κ3) is 3.44. The maximum Gasteiger partial charge on any atom is 0.0383 e. The summed E-state index contributed by atoms with van der Waals surface area (Å²) in [6, 6.07) is 20.9. The molecule has 26 heavy (non-hydrogen) atoms. The van der Waals surface area contributed by atoms with Crippen LogP contribution in [0.4, 0.5) is 0 Å². The standard InChI is InChI=1S/C22H24N2.2ClH/c1-2-6-18-17(5-1)15-21(20-8-4-3-7-19(18)20)22(16-9-10-16)24-13-11-23-12-14-24;;/h1-8,15-16,22-23H,9-14H2;2*1H/t22-;;/m1../s1. The van der Waals surface area contributed by atoms with Gasteiger partial charge in [-0.2, -0.15) is 0 Å². The first-order valence-corrected chi connectivity index (χ1v) is 9.27. The first-order valence-electron chi connectivity index (χ1n) is 9.27. The predicted octanol–water partition coefficient (Wildman–Crippen LogP) is 5.19. The Morgan fingerprint density at radius 3 is 2.12 bits per heavy atom. The largest absolute Gasteiger partial charge is 0.314 e. The molecule has 0 amide bonds. The van der Waals surface area contributed by atoms with Crippen LogP contribution in [0.2, 0.25) is 0 Å². The van der Waals surface area contributed by atoms with Gasteiger partial charge in [0.1, 0.15) is 0 Å². The van der Waals surface area contributed by atoms with E-state index in [-0.39, 0.29) is 24.8 Å². The Kier molecular flexibility index (Phi) is 6.09. The van der Waals surface area contributed by atoms with E-state index < -0.39 is 0 Å². The molecule has 0 bridgehead atoms. The van der Waals surface area contributed by atoms with Crippen molar-refractivity contribution in [3.05, 3.63) is 60.2 Å². The number of hydrogen-bond acceptors (Lipinski definition) is 2. The van der Waals surface area contributed by atoms with Crippen molar-refractivity contribution in [2.45, 2.75) is 18.9 Å². The van der Waals surface area contributed by atoms with Crippen LogP contribution in [-0.2, 0) is 0 Å². The van der Waals surface area contributed by atoms with Gasteiger partial charge in [0, 0.05) is 32.2 Å². The van der Waals surface area contributed by atoms with Crippen LogP contribution >= 0.6 is 24.8 Å². The molecular weight excluding hydrogens is 363 g/mol. The van der Waals surface area contributed by atoms with Crippen LogP contribution in [0.1, 0.15) is 24.4 Å². The van der Waals surface area contributed by atoms with Crippen molar-refractivity contribution in [3.63, 3.8) is 0 Å². The van der Waals surface area contributed by atoms with Crippen molar-refractivity contribution in [1.82, 2.24) is 10.2 Å². The van der Waals surface area contributed by atoms with Crippen LogP contribution in [0.15, 0.2) is 54.6 Å². The number of hydrogen-bond donors (Lipinski definition) is 1. The maximum atomic E-state index is 3.51. The summed E-state index contributed by atoms with van der Waals surface area (Å²) in [6.07, 6.45) is 2.77. The van der Waals surface area contributed by atoms with E-state index in [0.29, 0.717) is 6.04 Å². The molecule has 4 heteroatoms. The lowest BCUT2D eigenvalue weighted by molar-refractivity contribution is 0.157. The van der Waals surface area contributed by atoms with Gasteiger partial charge in [-0.3, -0.25) is 4.90 Å². The number of fused-ring (bicyclic) bond motifs is 3. The third-order valence-electron chi connectivity index (χ3n) is 5.73. The minimum absolute atomic E-state index is 0. The Hall–Kier alpha value is -1.32. The highest BCUT2D eigenvalue weighted by atomic mass is 35.5. The van der Waals surface area contributed by atoms with Gasteiger partial charge in [-0.05, 0) is 51.9 Å². The fourth-order valence-corrected chi connectivity index (χ4v) is 4.45. The molecule has 1 atom stereocenters. The minimum Gasteiger partial charge on any atom is -0.314 e. The summed E-state index contributed by atoms with van der Waals surface area (Å²) < 4.78 is 0. The van der Waals surface area contributed by atoms with Gasteiger partial charge in [0.15, 0.2) is 0 Å². The summed E-state index contributed by atoms with van der Waals surface area (Å²) in [4.78, 5) is 2.73. The molecule has 3 aromatic carbocycles. The number of piperazine rings is 1. The summed E-state index contributed by atoms with van der Waals surface area (Å²) in [6.45, 7) is 4.58. The van der Waals surface area contributed by atoms with E-state index >= 15 is 0 Å². The normalized spacial score (nSPS) is 18.9. The van der Waals surface area contributed by atoms with E-state index in [1.165, 1.54) is 47.5 Å². The van der Waals surface area contributed by atoms with Gasteiger partial charge in [0.05, 0.1) is 0 Å². The molecule has 0 aromatic heterocycles. The first-order chi connectivity index (χ1) is 11.9. The van der Waals surface area contributed by atoms with Crippen LogP contribution in [0.25, 0.3) is 21.5 Å². The van der Waals surface area contributed by atoms with Crippen molar-refractivity contribution in [2.75, 3.05) is 26.2 Å². The van der Waals surface area contributed by atoms with Crippen LogP contribution in [0, 0.1) is 5.92 Å². The summed E-state index contributed by atoms with van der Waals surface area (Å²) in [5, 5.41) is 9.13. The van der Waals surface area contributed by atoms with Crippen molar-refractivity contribution in [1.29, 1.82) is 0 Å². The molecule has 1 heterocycles. The zero-order valence-corrected chi connectivity index (χ0v) is 16.5. The predicted molar refractivity (Wildman–Crippen MR) is 116 cm³/mol. The molecule has 1 saturated heterocycles. The summed E-state index contributed by atoms with van der Waals surface area (Å²) in [7, 11) is 0. The zero-order valence-electron chi connectivity index (χ0n) is 14.9. The van der Waals surface area contributed by atoms with Gasteiger partial charge >= 0.3 is 0 Å². The van der Waals surface area contributed by atoms with Crippen LogP contribution in [0.3, 0.4) is 0 Å². The Morgan fingerprint density at radius 1 is 0.808 bits per heavy atom. The monoisotopic (exact) mass is 388 g/mol. The molecule has 2 nitrogen and oxygen atoms in total. The van der Waals surface area contributed by atoms with Gasteiger partial charge in [0.2, 0.25) is 0 Å².